The van der Waals surface area contributed by atoms with Gasteiger partial charge < -0.3 is 4.90 Å². The van der Waals surface area contributed by atoms with Crippen LogP contribution >= 0.6 is 0 Å². The summed E-state index contributed by atoms with van der Waals surface area (Å²) in [6.07, 6.45) is 4.57. The molecular weight excluding hydrogens is 374 g/mol. The van der Waals surface area contributed by atoms with Gasteiger partial charge in [-0.3, -0.25) is 14.8 Å². The van der Waals surface area contributed by atoms with Gasteiger partial charge in [0, 0.05) is 20.0 Å². The van der Waals surface area contributed by atoms with E-state index in [1.165, 1.54) is 0 Å². The van der Waals surface area contributed by atoms with Crippen molar-refractivity contribution in [3.63, 3.8) is 0 Å². The summed E-state index contributed by atoms with van der Waals surface area (Å²) >= 11 is 0. The second-order valence-corrected chi connectivity index (χ2v) is 7.78. The highest BCUT2D eigenvalue weighted by Gasteiger charge is 2.35. The summed E-state index contributed by atoms with van der Waals surface area (Å²) in [4.78, 5) is 39.1. The van der Waals surface area contributed by atoms with Gasteiger partial charge in [-0.05, 0) is 31.6 Å². The van der Waals surface area contributed by atoms with Crippen molar-refractivity contribution < 1.29 is 14.8 Å². The van der Waals surface area contributed by atoms with Crippen LogP contribution in [0.15, 0.2) is 0 Å². The fraction of sp³-hybridized carbons (Fsp3) is 0.737. The number of amides is 2. The molecule has 10 heteroatoms. The molecule has 0 radical (unpaired) electrons. The number of hydroxylamine groups is 2. The average Bonchev–Trinajstić information content (AvgIpc) is 2.75. The average molecular weight is 408 g/mol. The van der Waals surface area contributed by atoms with Crippen molar-refractivity contribution in [3.05, 3.63) is 5.82 Å². The summed E-state index contributed by atoms with van der Waals surface area (Å²) in [5.41, 5.74) is 0. The van der Waals surface area contributed by atoms with E-state index in [4.69, 9.17) is 5.84 Å². The summed E-state index contributed by atoms with van der Waals surface area (Å²) in [7, 11) is 1.85. The van der Waals surface area contributed by atoms with E-state index < -0.39 is 11.8 Å². The van der Waals surface area contributed by atoms with Crippen molar-refractivity contribution in [1.82, 2.24) is 20.0 Å². The molecule has 1 aromatic rings. The topological polar surface area (TPSA) is 129 Å². The molecule has 1 heterocycles. The summed E-state index contributed by atoms with van der Waals surface area (Å²) in [6.45, 7) is 6.65. The first-order valence-electron chi connectivity index (χ1n) is 10.3. The van der Waals surface area contributed by atoms with Crippen LogP contribution in [0.4, 0.5) is 11.9 Å². The van der Waals surface area contributed by atoms with Crippen LogP contribution in [0, 0.1) is 17.8 Å². The molecule has 29 heavy (non-hydrogen) atoms. The molecule has 0 bridgehead atoms. The minimum Gasteiger partial charge on any atom is -0.344 e. The molecule has 1 aliphatic carbocycles. The Labute approximate surface area is 172 Å². The molecule has 0 unspecified atom stereocenters. The number of carbonyl (C=O) groups is 2. The van der Waals surface area contributed by atoms with E-state index >= 15 is 0 Å². The van der Waals surface area contributed by atoms with E-state index in [9.17, 15) is 14.8 Å². The maximum Gasteiger partial charge on any atom is 0.252 e. The number of hydrogen-bond acceptors (Lipinski definition) is 8. The lowest BCUT2D eigenvalue weighted by atomic mass is 9.76. The van der Waals surface area contributed by atoms with Gasteiger partial charge in [0.1, 0.15) is 5.82 Å². The number of aryl methyl sites for hydroxylation is 1. The zero-order valence-electron chi connectivity index (χ0n) is 17.8. The third kappa shape index (κ3) is 5.83. The van der Waals surface area contributed by atoms with E-state index in [1.54, 1.807) is 0 Å². The number of aromatic nitrogens is 3. The maximum absolute atomic E-state index is 13.3. The highest BCUT2D eigenvalue weighted by atomic mass is 16.5. The van der Waals surface area contributed by atoms with Gasteiger partial charge in [-0.1, -0.05) is 26.7 Å². The molecule has 1 fully saturated rings. The van der Waals surface area contributed by atoms with Crippen molar-refractivity contribution in [2.24, 2.45) is 23.6 Å². The maximum atomic E-state index is 13.3. The van der Waals surface area contributed by atoms with Crippen LogP contribution in [0.3, 0.4) is 0 Å². The molecule has 1 saturated carbocycles. The van der Waals surface area contributed by atoms with Gasteiger partial charge in [0.15, 0.2) is 0 Å². The van der Waals surface area contributed by atoms with Crippen LogP contribution in [-0.2, 0) is 16.0 Å². The Bertz CT molecular complexity index is 694. The number of nitrogens with zero attached hydrogens (tertiary/aromatic N) is 6. The highest BCUT2D eigenvalue weighted by Crippen LogP contribution is 2.34. The molecule has 0 aliphatic heterocycles. The zero-order chi connectivity index (χ0) is 21.6. The van der Waals surface area contributed by atoms with Gasteiger partial charge in [-0.15, -0.1) is 0 Å². The van der Waals surface area contributed by atoms with Crippen LogP contribution in [0.25, 0.3) is 0 Å². The van der Waals surface area contributed by atoms with Crippen LogP contribution in [-0.4, -0.2) is 57.7 Å². The molecule has 1 aliphatic rings. The van der Waals surface area contributed by atoms with Gasteiger partial charge in [-0.2, -0.15) is 15.0 Å². The highest BCUT2D eigenvalue weighted by molar-refractivity contribution is 5.92. The number of anilines is 2. The van der Waals surface area contributed by atoms with Crippen molar-refractivity contribution in [2.45, 2.75) is 52.9 Å². The monoisotopic (exact) mass is 407 g/mol. The quantitative estimate of drug-likeness (QED) is 0.207. The third-order valence-electron chi connectivity index (χ3n) is 5.70. The smallest absolute Gasteiger partial charge is 0.252 e. The number of rotatable bonds is 9. The Hall–Kier alpha value is -2.33. The molecule has 1 aromatic heterocycles. The first-order chi connectivity index (χ1) is 13.8. The Kier molecular flexibility index (Phi) is 8.27. The molecule has 1 atom stereocenters. The van der Waals surface area contributed by atoms with Crippen molar-refractivity contribution in [1.29, 1.82) is 0 Å². The normalized spacial score (nSPS) is 20.1. The lowest BCUT2D eigenvalue weighted by Crippen LogP contribution is -2.49. The van der Waals surface area contributed by atoms with E-state index in [0.717, 1.165) is 30.7 Å². The third-order valence-corrected chi connectivity index (χ3v) is 5.70. The minimum atomic E-state index is -0.628. The van der Waals surface area contributed by atoms with E-state index in [0.29, 0.717) is 42.1 Å². The molecule has 0 aromatic carbocycles. The Balaban J connectivity index is 2.30. The summed E-state index contributed by atoms with van der Waals surface area (Å²) in [5, 5.41) is 11.2. The van der Waals surface area contributed by atoms with Gasteiger partial charge in [-0.25, -0.2) is 15.9 Å². The fourth-order valence-electron chi connectivity index (χ4n) is 3.61. The summed E-state index contributed by atoms with van der Waals surface area (Å²) < 4.78 is 0. The number of hydrogen-bond donors (Lipinski definition) is 2. The van der Waals surface area contributed by atoms with Crippen LogP contribution in [0.5, 0.6) is 0 Å². The SMILES string of the molecule is CCc1nc(N(C)CC)nc(N(N)C(=O)[C@@H](CN(O)C=O)C2CCC(C)CC2)n1. The largest absolute Gasteiger partial charge is 0.344 e. The Morgan fingerprint density at radius 2 is 1.83 bits per heavy atom. The lowest BCUT2D eigenvalue weighted by Gasteiger charge is -2.34. The summed E-state index contributed by atoms with van der Waals surface area (Å²) in [5.74, 6) is 6.79. The van der Waals surface area contributed by atoms with E-state index in [-0.39, 0.29) is 18.4 Å². The number of hydrazine groups is 1. The van der Waals surface area contributed by atoms with Gasteiger partial charge in [0.05, 0.1) is 12.5 Å². The van der Waals surface area contributed by atoms with Gasteiger partial charge in [0.25, 0.3) is 5.95 Å². The van der Waals surface area contributed by atoms with Crippen LogP contribution in [0.1, 0.15) is 52.3 Å². The van der Waals surface area contributed by atoms with Crippen molar-refractivity contribution in [2.75, 3.05) is 30.0 Å². The number of nitrogens with two attached hydrogens (primary N) is 1. The Morgan fingerprint density at radius 3 is 2.38 bits per heavy atom. The van der Waals surface area contributed by atoms with Gasteiger partial charge >= 0.3 is 0 Å². The molecule has 2 rings (SSSR count). The minimum absolute atomic E-state index is 0.0321. The molecule has 10 nitrogen and oxygen atoms in total. The second kappa shape index (κ2) is 10.4. The summed E-state index contributed by atoms with van der Waals surface area (Å²) in [6, 6.07) is 0. The van der Waals surface area contributed by atoms with Crippen molar-refractivity contribution in [3.8, 4) is 0 Å². The van der Waals surface area contributed by atoms with E-state index in [1.807, 2.05) is 25.8 Å². The fourth-order valence-corrected chi connectivity index (χ4v) is 3.61. The molecule has 2 amide bonds. The standard InChI is InChI=1S/C19H33N7O3/c1-5-16-21-18(24(4)6-2)23-19(22-16)26(20)17(28)15(11-25(29)12-27)14-9-7-13(3)8-10-14/h12-15,29H,5-11,20H2,1-4H3/t13?,14?,15-/m0/s1. The molecule has 0 saturated heterocycles. The molecule has 0 spiro atoms. The first kappa shape index (κ1) is 23.0. The van der Waals surface area contributed by atoms with Crippen LogP contribution in [0.2, 0.25) is 0 Å². The van der Waals surface area contributed by atoms with Crippen LogP contribution < -0.4 is 15.8 Å². The van der Waals surface area contributed by atoms with E-state index in [2.05, 4.69) is 21.9 Å². The lowest BCUT2D eigenvalue weighted by molar-refractivity contribution is -0.156. The Morgan fingerprint density at radius 1 is 1.21 bits per heavy atom. The predicted molar refractivity (Wildman–Crippen MR) is 109 cm³/mol. The second-order valence-electron chi connectivity index (χ2n) is 7.78. The zero-order valence-corrected chi connectivity index (χ0v) is 17.8. The molecule has 3 N–H and O–H groups in total. The predicted octanol–water partition coefficient (Wildman–Crippen LogP) is 1.39. The van der Waals surface area contributed by atoms with Crippen molar-refractivity contribution >= 4 is 24.2 Å². The van der Waals surface area contributed by atoms with Gasteiger partial charge in [0.2, 0.25) is 18.3 Å². The molecular formula is C19H33N7O3. The molecule has 162 valence electrons. The first-order valence-corrected chi connectivity index (χ1v) is 10.3. The number of carbonyl (C=O) groups excluding carboxylic acids is 2.